The molecule has 1 amide bonds. The number of fused-ring (bicyclic) bond motifs is 1. The van der Waals surface area contributed by atoms with Crippen LogP contribution in [0.5, 0.6) is 0 Å². The Morgan fingerprint density at radius 1 is 1.14 bits per heavy atom. The normalized spacial score (nSPS) is 11.0. The molecule has 112 valence electrons. The van der Waals surface area contributed by atoms with E-state index in [-0.39, 0.29) is 10.5 Å². The van der Waals surface area contributed by atoms with Crippen LogP contribution in [0.2, 0.25) is 0 Å². The second-order valence-corrected chi connectivity index (χ2v) is 6.38. The zero-order chi connectivity index (χ0) is 15.5. The fourth-order valence-electron chi connectivity index (χ4n) is 1.94. The van der Waals surface area contributed by atoms with Gasteiger partial charge in [-0.1, -0.05) is 47.4 Å². The number of para-hydroxylation sites is 1. The molecule has 1 aromatic heterocycles. The molecule has 0 saturated heterocycles. The number of carbonyl (C=O) groups excluding carboxylic acids is 1. The maximum atomic E-state index is 12.6. The Balaban J connectivity index is 1.85. The van der Waals surface area contributed by atoms with Crippen molar-refractivity contribution in [2.45, 2.75) is 10.7 Å². The number of alkyl halides is 2. The third kappa shape index (κ3) is 3.26. The zero-order valence-corrected chi connectivity index (χ0v) is 12.8. The van der Waals surface area contributed by atoms with Crippen LogP contribution < -0.4 is 5.32 Å². The van der Waals surface area contributed by atoms with Crippen LogP contribution in [0.4, 0.5) is 13.9 Å². The predicted octanol–water partition coefficient (Wildman–Crippen LogP) is 4.86. The van der Waals surface area contributed by atoms with Gasteiger partial charge in [0, 0.05) is 4.90 Å². The van der Waals surface area contributed by atoms with Crippen molar-refractivity contribution in [3.05, 3.63) is 54.1 Å². The fourth-order valence-corrected chi connectivity index (χ4v) is 3.44. The minimum Gasteiger partial charge on any atom is -0.298 e. The van der Waals surface area contributed by atoms with E-state index < -0.39 is 11.7 Å². The van der Waals surface area contributed by atoms with E-state index in [4.69, 9.17) is 0 Å². The van der Waals surface area contributed by atoms with E-state index in [0.717, 1.165) is 10.2 Å². The molecule has 2 aromatic carbocycles. The number of benzene rings is 2. The first-order chi connectivity index (χ1) is 10.6. The zero-order valence-electron chi connectivity index (χ0n) is 11.1. The first-order valence-electron chi connectivity index (χ1n) is 6.34. The molecule has 0 aliphatic rings. The standard InChI is InChI=1S/C15H10F2N2OS2/c16-14(17)21-11-7-3-1-5-9(11)13(20)19-15-18-10-6-2-4-8-12(10)22-15/h1-8,14H,(H,18,19,20). The number of hydrogen-bond donors (Lipinski definition) is 1. The summed E-state index contributed by atoms with van der Waals surface area (Å²) < 4.78 is 26.1. The average molecular weight is 336 g/mol. The van der Waals surface area contributed by atoms with Gasteiger partial charge in [0.05, 0.1) is 15.8 Å². The highest BCUT2D eigenvalue weighted by Gasteiger charge is 2.16. The summed E-state index contributed by atoms with van der Waals surface area (Å²) in [7, 11) is 0. The Bertz CT molecular complexity index is 787. The van der Waals surface area contributed by atoms with Gasteiger partial charge in [-0.05, 0) is 24.3 Å². The summed E-state index contributed by atoms with van der Waals surface area (Å²) in [4.78, 5) is 16.8. The lowest BCUT2D eigenvalue weighted by Gasteiger charge is -2.07. The summed E-state index contributed by atoms with van der Waals surface area (Å²) in [5.41, 5.74) is 1.00. The van der Waals surface area contributed by atoms with Gasteiger partial charge in [0.2, 0.25) is 0 Å². The van der Waals surface area contributed by atoms with E-state index >= 15 is 0 Å². The van der Waals surface area contributed by atoms with Crippen molar-refractivity contribution in [3.63, 3.8) is 0 Å². The molecule has 0 saturated carbocycles. The third-order valence-electron chi connectivity index (χ3n) is 2.86. The number of rotatable bonds is 4. The molecule has 7 heteroatoms. The lowest BCUT2D eigenvalue weighted by molar-refractivity contribution is 0.102. The minimum absolute atomic E-state index is 0.215. The Labute approximate surface area is 133 Å². The monoisotopic (exact) mass is 336 g/mol. The van der Waals surface area contributed by atoms with Gasteiger partial charge >= 0.3 is 0 Å². The summed E-state index contributed by atoms with van der Waals surface area (Å²) >= 11 is 1.70. The van der Waals surface area contributed by atoms with Crippen LogP contribution in [0.3, 0.4) is 0 Å². The molecule has 1 heterocycles. The van der Waals surface area contributed by atoms with E-state index in [1.165, 1.54) is 23.5 Å². The highest BCUT2D eigenvalue weighted by Crippen LogP contribution is 2.30. The van der Waals surface area contributed by atoms with Crippen molar-refractivity contribution in [3.8, 4) is 0 Å². The highest BCUT2D eigenvalue weighted by molar-refractivity contribution is 7.99. The fraction of sp³-hybridized carbons (Fsp3) is 0.0667. The molecular formula is C15H10F2N2OS2. The van der Waals surface area contributed by atoms with Crippen LogP contribution in [0.15, 0.2) is 53.4 Å². The number of anilines is 1. The second kappa shape index (κ2) is 6.41. The summed E-state index contributed by atoms with van der Waals surface area (Å²) in [6, 6.07) is 13.8. The van der Waals surface area contributed by atoms with Gasteiger partial charge < -0.3 is 0 Å². The van der Waals surface area contributed by atoms with Crippen molar-refractivity contribution in [1.82, 2.24) is 4.98 Å². The summed E-state index contributed by atoms with van der Waals surface area (Å²) in [5, 5.41) is 3.12. The van der Waals surface area contributed by atoms with Crippen molar-refractivity contribution < 1.29 is 13.6 Å². The quantitative estimate of drug-likeness (QED) is 0.692. The van der Waals surface area contributed by atoms with Gasteiger partial charge in [-0.15, -0.1) is 0 Å². The Kier molecular flexibility index (Phi) is 4.35. The SMILES string of the molecule is O=C(Nc1nc2ccccc2s1)c1ccccc1SC(F)F. The van der Waals surface area contributed by atoms with Gasteiger partial charge in [-0.3, -0.25) is 10.1 Å². The van der Waals surface area contributed by atoms with Crippen molar-refractivity contribution in [2.24, 2.45) is 0 Å². The highest BCUT2D eigenvalue weighted by atomic mass is 32.2. The lowest BCUT2D eigenvalue weighted by Crippen LogP contribution is -2.12. The van der Waals surface area contributed by atoms with Crippen molar-refractivity contribution >= 4 is 44.4 Å². The van der Waals surface area contributed by atoms with E-state index in [9.17, 15) is 13.6 Å². The molecule has 1 N–H and O–H groups in total. The molecule has 3 rings (SSSR count). The first-order valence-corrected chi connectivity index (χ1v) is 8.04. The van der Waals surface area contributed by atoms with Gasteiger partial charge in [0.15, 0.2) is 5.13 Å². The molecule has 0 radical (unpaired) electrons. The van der Waals surface area contributed by atoms with Gasteiger partial charge in [-0.25, -0.2) is 4.98 Å². The number of halogens is 2. The molecule has 0 aliphatic carbocycles. The molecule has 0 atom stereocenters. The number of amides is 1. The number of thiazole rings is 1. The lowest BCUT2D eigenvalue weighted by atomic mass is 10.2. The van der Waals surface area contributed by atoms with E-state index in [0.29, 0.717) is 16.9 Å². The van der Waals surface area contributed by atoms with Crippen molar-refractivity contribution in [1.29, 1.82) is 0 Å². The topological polar surface area (TPSA) is 42.0 Å². The summed E-state index contributed by atoms with van der Waals surface area (Å²) in [6.45, 7) is 0. The number of aromatic nitrogens is 1. The molecule has 0 unspecified atom stereocenters. The average Bonchev–Trinajstić information content (AvgIpc) is 2.89. The van der Waals surface area contributed by atoms with Gasteiger partial charge in [-0.2, -0.15) is 8.78 Å². The smallest absolute Gasteiger partial charge is 0.288 e. The van der Waals surface area contributed by atoms with E-state index in [2.05, 4.69) is 10.3 Å². The molecule has 0 spiro atoms. The van der Waals surface area contributed by atoms with E-state index in [1.807, 2.05) is 24.3 Å². The molecular weight excluding hydrogens is 326 g/mol. The van der Waals surface area contributed by atoms with Crippen LogP contribution in [0.1, 0.15) is 10.4 Å². The molecule has 0 bridgehead atoms. The Morgan fingerprint density at radius 3 is 2.64 bits per heavy atom. The van der Waals surface area contributed by atoms with E-state index in [1.54, 1.807) is 12.1 Å². The van der Waals surface area contributed by atoms with Crippen LogP contribution in [-0.2, 0) is 0 Å². The Hall–Kier alpha value is -1.99. The van der Waals surface area contributed by atoms with Crippen molar-refractivity contribution in [2.75, 3.05) is 5.32 Å². The summed E-state index contributed by atoms with van der Waals surface area (Å²) in [6.07, 6.45) is 0. The maximum Gasteiger partial charge on any atom is 0.288 e. The molecule has 0 aliphatic heterocycles. The number of thioether (sulfide) groups is 1. The molecule has 0 fully saturated rings. The van der Waals surface area contributed by atoms with Crippen LogP contribution >= 0.6 is 23.1 Å². The largest absolute Gasteiger partial charge is 0.298 e. The molecule has 22 heavy (non-hydrogen) atoms. The predicted molar refractivity (Wildman–Crippen MR) is 85.9 cm³/mol. The minimum atomic E-state index is -2.57. The molecule has 3 nitrogen and oxygen atoms in total. The van der Waals surface area contributed by atoms with Crippen LogP contribution in [0.25, 0.3) is 10.2 Å². The van der Waals surface area contributed by atoms with Crippen LogP contribution in [-0.4, -0.2) is 16.6 Å². The number of carbonyl (C=O) groups is 1. The number of nitrogens with zero attached hydrogens (tertiary/aromatic N) is 1. The van der Waals surface area contributed by atoms with Gasteiger partial charge in [0.1, 0.15) is 0 Å². The summed E-state index contributed by atoms with van der Waals surface area (Å²) in [5.74, 6) is -3.01. The second-order valence-electron chi connectivity index (χ2n) is 4.32. The van der Waals surface area contributed by atoms with Gasteiger partial charge in [0.25, 0.3) is 11.7 Å². The third-order valence-corrected chi connectivity index (χ3v) is 4.60. The number of hydrogen-bond acceptors (Lipinski definition) is 4. The number of nitrogens with one attached hydrogen (secondary N) is 1. The first kappa shape index (κ1) is 14.9. The Morgan fingerprint density at radius 2 is 1.86 bits per heavy atom. The van der Waals surface area contributed by atoms with Crippen LogP contribution in [0, 0.1) is 0 Å². The maximum absolute atomic E-state index is 12.6. The molecule has 3 aromatic rings.